The maximum absolute atomic E-state index is 15.8. The molecule has 0 radical (unpaired) electrons. The average Bonchev–Trinajstić information content (AvgIpc) is 3.67. The molecule has 0 heterocycles. The zero-order valence-corrected chi connectivity index (χ0v) is 21.5. The summed E-state index contributed by atoms with van der Waals surface area (Å²) in [7, 11) is 3.10. The minimum absolute atomic E-state index is 0.0185. The number of rotatable bonds is 6. The van der Waals surface area contributed by atoms with Crippen LogP contribution in [0.1, 0.15) is 47.7 Å². The van der Waals surface area contributed by atoms with Crippen molar-refractivity contribution in [3.8, 4) is 5.75 Å². The zero-order valence-electron chi connectivity index (χ0n) is 21.5. The largest absolute Gasteiger partial charge is 0.510 e. The fourth-order valence-corrected chi connectivity index (χ4v) is 6.63. The third-order valence-electron chi connectivity index (χ3n) is 8.57. The van der Waals surface area contributed by atoms with Crippen LogP contribution in [0.2, 0.25) is 0 Å². The van der Waals surface area contributed by atoms with Gasteiger partial charge in [0.2, 0.25) is 5.78 Å². The lowest BCUT2D eigenvalue weighted by Gasteiger charge is -2.50. The predicted molar refractivity (Wildman–Crippen MR) is 133 cm³/mol. The highest BCUT2D eigenvalue weighted by Crippen LogP contribution is 2.52. The van der Waals surface area contributed by atoms with E-state index in [9.17, 15) is 34.8 Å². The van der Waals surface area contributed by atoms with Gasteiger partial charge in [0.1, 0.15) is 28.7 Å². The number of aliphatic hydroxyl groups excluding tert-OH is 2. The number of carbonyl (C=O) groups excluding carboxylic acids is 3. The second-order valence-electron chi connectivity index (χ2n) is 11.0. The number of carbonyl (C=O) groups is 3. The number of hydrogen-bond donors (Lipinski definition) is 5. The van der Waals surface area contributed by atoms with Gasteiger partial charge in [-0.3, -0.25) is 24.2 Å². The highest BCUT2D eigenvalue weighted by Gasteiger charge is 2.63. The van der Waals surface area contributed by atoms with Crippen LogP contribution >= 0.6 is 0 Å². The summed E-state index contributed by atoms with van der Waals surface area (Å²) in [4.78, 5) is 42.5. The van der Waals surface area contributed by atoms with Crippen molar-refractivity contribution in [1.82, 2.24) is 9.80 Å². The monoisotopic (exact) mass is 529 g/mol. The molecule has 0 aromatic heterocycles. The molecule has 10 nitrogen and oxygen atoms in total. The lowest BCUT2D eigenvalue weighted by atomic mass is 9.58. The number of fused-ring (bicyclic) bond motifs is 3. The van der Waals surface area contributed by atoms with Crippen molar-refractivity contribution in [1.29, 1.82) is 0 Å². The van der Waals surface area contributed by atoms with E-state index >= 15 is 4.39 Å². The Kier molecular flexibility index (Phi) is 6.16. The molecule has 204 valence electrons. The van der Waals surface area contributed by atoms with E-state index in [0.29, 0.717) is 12.6 Å². The minimum Gasteiger partial charge on any atom is -0.510 e. The molecule has 4 aliphatic carbocycles. The maximum atomic E-state index is 15.8. The summed E-state index contributed by atoms with van der Waals surface area (Å²) in [5, 5.41) is 44.5. The first kappa shape index (κ1) is 26.3. The molecule has 38 heavy (non-hydrogen) atoms. The highest BCUT2D eigenvalue weighted by atomic mass is 19.1. The number of benzene rings is 1. The Balaban J connectivity index is 1.64. The second-order valence-corrected chi connectivity index (χ2v) is 11.0. The number of hydrogen-bond acceptors (Lipinski definition) is 9. The summed E-state index contributed by atoms with van der Waals surface area (Å²) in [5.41, 5.74) is 1.40. The van der Waals surface area contributed by atoms with Crippen molar-refractivity contribution < 1.29 is 39.2 Å². The van der Waals surface area contributed by atoms with Gasteiger partial charge in [0.05, 0.1) is 11.6 Å². The third-order valence-corrected chi connectivity index (χ3v) is 8.57. The van der Waals surface area contributed by atoms with Gasteiger partial charge in [-0.15, -0.1) is 0 Å². The average molecular weight is 530 g/mol. The van der Waals surface area contributed by atoms with E-state index < -0.39 is 69.6 Å². The quantitative estimate of drug-likeness (QED) is 0.341. The van der Waals surface area contributed by atoms with Gasteiger partial charge in [0.25, 0.3) is 5.91 Å². The van der Waals surface area contributed by atoms with Crippen LogP contribution in [0.3, 0.4) is 0 Å². The van der Waals surface area contributed by atoms with Crippen LogP contribution in [-0.2, 0) is 22.6 Å². The van der Waals surface area contributed by atoms with Crippen LogP contribution in [0.5, 0.6) is 5.75 Å². The van der Waals surface area contributed by atoms with Crippen LogP contribution in [0.15, 0.2) is 28.7 Å². The number of halogens is 1. The van der Waals surface area contributed by atoms with E-state index in [-0.39, 0.29) is 41.6 Å². The molecule has 11 heteroatoms. The van der Waals surface area contributed by atoms with E-state index in [1.807, 2.05) is 6.92 Å². The lowest BCUT2D eigenvalue weighted by molar-refractivity contribution is -0.148. The molecular weight excluding hydrogens is 497 g/mol. The van der Waals surface area contributed by atoms with E-state index in [1.165, 1.54) is 11.0 Å². The molecule has 6 N–H and O–H groups in total. The standard InChI is InChI=1S/C27H32FN3O7/c1-4-31(13-5-6-13)10-12-9-16(32)18-14(20(12)28)7-11-8-15-21(30(2)3)23(34)19(26(29)37)25(36)27(15,38)24(35)17(11)22(18)33/h9,11,13,15,21,32,34-35,38H,4-8,10H2,1-3H3,(H2,29,37)/t11-,15-,21-,27-/m0/s1. The minimum atomic E-state index is -2.72. The maximum Gasteiger partial charge on any atom is 0.255 e. The van der Waals surface area contributed by atoms with Crippen LogP contribution < -0.4 is 5.73 Å². The van der Waals surface area contributed by atoms with Crippen molar-refractivity contribution in [2.45, 2.75) is 56.8 Å². The lowest BCUT2D eigenvalue weighted by Crippen LogP contribution is -2.63. The van der Waals surface area contributed by atoms with Gasteiger partial charge in [-0.2, -0.15) is 0 Å². The smallest absolute Gasteiger partial charge is 0.255 e. The molecular formula is C27H32FN3O7. The van der Waals surface area contributed by atoms with Crippen LogP contribution in [0.25, 0.3) is 0 Å². The SMILES string of the molecule is CCN(Cc1cc(O)c2c(c1F)C[C@H]1C[C@H]3[C@H](N(C)C)C(O)=C(C(N)=O)C(=O)[C@@]3(O)C(O)=C1C2=O)C1CC1. The molecule has 0 spiro atoms. The zero-order chi connectivity index (χ0) is 27.8. The molecule has 5 rings (SSSR count). The molecule has 1 amide bonds. The first-order valence-corrected chi connectivity index (χ1v) is 12.8. The summed E-state index contributed by atoms with van der Waals surface area (Å²) in [6.07, 6.45) is 1.89. The Morgan fingerprint density at radius 1 is 1.21 bits per heavy atom. The van der Waals surface area contributed by atoms with Crippen molar-refractivity contribution in [3.63, 3.8) is 0 Å². The van der Waals surface area contributed by atoms with E-state index in [4.69, 9.17) is 5.73 Å². The van der Waals surface area contributed by atoms with Crippen LogP contribution in [-0.4, -0.2) is 86.0 Å². The van der Waals surface area contributed by atoms with Gasteiger partial charge < -0.3 is 26.2 Å². The van der Waals surface area contributed by atoms with Gasteiger partial charge in [0, 0.05) is 35.2 Å². The highest BCUT2D eigenvalue weighted by molar-refractivity contribution is 6.24. The fraction of sp³-hybridized carbons (Fsp3) is 0.519. The number of primary amides is 1. The Hall–Kier alpha value is -3.28. The number of likely N-dealkylation sites (N-methyl/N-ethyl adjacent to an activating group) is 1. The molecule has 4 aliphatic rings. The number of Topliss-reactive ketones (excluding diaryl/α,β-unsaturated/α-hetero) is 2. The molecule has 1 aromatic rings. The molecule has 1 saturated carbocycles. The van der Waals surface area contributed by atoms with Crippen molar-refractivity contribution >= 4 is 17.5 Å². The number of nitrogens with zero attached hydrogens (tertiary/aromatic N) is 2. The number of phenols is 1. The van der Waals surface area contributed by atoms with Gasteiger partial charge >= 0.3 is 0 Å². The Morgan fingerprint density at radius 3 is 2.42 bits per heavy atom. The number of aromatic hydroxyl groups is 1. The summed E-state index contributed by atoms with van der Waals surface area (Å²) < 4.78 is 15.8. The molecule has 1 fully saturated rings. The first-order chi connectivity index (χ1) is 17.8. The summed E-state index contributed by atoms with van der Waals surface area (Å²) in [5.74, 6) is -8.12. The fourth-order valence-electron chi connectivity index (χ4n) is 6.63. The van der Waals surface area contributed by atoms with Crippen LogP contribution in [0.4, 0.5) is 4.39 Å². The third kappa shape index (κ3) is 3.59. The number of nitrogens with two attached hydrogens (primary N) is 1. The number of amides is 1. The van der Waals surface area contributed by atoms with E-state index in [1.54, 1.807) is 14.1 Å². The summed E-state index contributed by atoms with van der Waals surface area (Å²) >= 11 is 0. The number of aliphatic hydroxyl groups is 3. The molecule has 0 saturated heterocycles. The predicted octanol–water partition coefficient (Wildman–Crippen LogP) is 1.24. The first-order valence-electron chi connectivity index (χ1n) is 12.8. The van der Waals surface area contributed by atoms with Crippen LogP contribution in [0, 0.1) is 17.7 Å². The van der Waals surface area contributed by atoms with Gasteiger partial charge in [-0.25, -0.2) is 4.39 Å². The van der Waals surface area contributed by atoms with E-state index in [0.717, 1.165) is 12.8 Å². The second kappa shape index (κ2) is 8.89. The topological polar surface area (TPSA) is 165 Å². The van der Waals surface area contributed by atoms with Crippen molar-refractivity contribution in [2.75, 3.05) is 20.6 Å². The van der Waals surface area contributed by atoms with Crippen molar-refractivity contribution in [3.05, 3.63) is 51.2 Å². The molecule has 1 aromatic carbocycles. The van der Waals surface area contributed by atoms with Gasteiger partial charge in [0.15, 0.2) is 11.4 Å². The Morgan fingerprint density at radius 2 is 1.87 bits per heavy atom. The normalized spacial score (nSPS) is 29.1. The molecule has 0 bridgehead atoms. The summed E-state index contributed by atoms with van der Waals surface area (Å²) in [6.45, 7) is 2.95. The molecule has 0 aliphatic heterocycles. The number of allylic oxidation sites excluding steroid dienone is 1. The molecule has 4 atom stereocenters. The van der Waals surface area contributed by atoms with Gasteiger partial charge in [-0.05, 0) is 58.3 Å². The van der Waals surface area contributed by atoms with Crippen molar-refractivity contribution in [2.24, 2.45) is 17.6 Å². The number of ketones is 2. The Labute approximate surface area is 218 Å². The van der Waals surface area contributed by atoms with Gasteiger partial charge in [-0.1, -0.05) is 6.92 Å². The molecule has 0 unspecified atom stereocenters. The summed E-state index contributed by atoms with van der Waals surface area (Å²) in [6, 6.07) is 0.482. The Bertz CT molecular complexity index is 1330. The van der Waals surface area contributed by atoms with E-state index in [2.05, 4.69) is 4.90 Å². The number of phenolic OH excluding ortho intramolecular Hbond substituents is 1.